The molecule has 0 radical (unpaired) electrons. The van der Waals surface area contributed by atoms with E-state index in [1.807, 2.05) is 6.07 Å². The lowest BCUT2D eigenvalue weighted by Gasteiger charge is -2.07. The number of carbonyl (C=O) groups excluding carboxylic acids is 2. The lowest BCUT2D eigenvalue weighted by atomic mass is 10.1. The van der Waals surface area contributed by atoms with E-state index in [0.29, 0.717) is 17.1 Å². The standard InChI is InChI=1S/C19H18O5/c1-22-17-10-8-14(12-18(17)23-2)9-11-19(21)24-13-16(20)15-6-4-3-5-7-15/h3-12H,13H2,1-2H3. The number of esters is 1. The van der Waals surface area contributed by atoms with Gasteiger partial charge in [-0.3, -0.25) is 4.79 Å². The highest BCUT2D eigenvalue weighted by Gasteiger charge is 2.08. The highest BCUT2D eigenvalue weighted by atomic mass is 16.5. The number of hydrogen-bond donors (Lipinski definition) is 0. The van der Waals surface area contributed by atoms with Gasteiger partial charge in [-0.2, -0.15) is 0 Å². The second kappa shape index (κ2) is 8.53. The normalized spacial score (nSPS) is 10.4. The van der Waals surface area contributed by atoms with E-state index < -0.39 is 5.97 Å². The molecule has 24 heavy (non-hydrogen) atoms. The molecule has 0 amide bonds. The minimum Gasteiger partial charge on any atom is -0.493 e. The number of ketones is 1. The van der Waals surface area contributed by atoms with Crippen LogP contribution in [0.5, 0.6) is 11.5 Å². The highest BCUT2D eigenvalue weighted by molar-refractivity contribution is 5.98. The van der Waals surface area contributed by atoms with Crippen molar-refractivity contribution < 1.29 is 23.8 Å². The Bertz CT molecular complexity index is 735. The molecule has 0 aliphatic rings. The Morgan fingerprint density at radius 3 is 2.33 bits per heavy atom. The molecule has 5 nitrogen and oxygen atoms in total. The zero-order valence-corrected chi connectivity index (χ0v) is 13.5. The molecule has 124 valence electrons. The van der Waals surface area contributed by atoms with Gasteiger partial charge in [0, 0.05) is 11.6 Å². The zero-order chi connectivity index (χ0) is 17.4. The number of methoxy groups -OCH3 is 2. The van der Waals surface area contributed by atoms with Crippen LogP contribution in [0.1, 0.15) is 15.9 Å². The van der Waals surface area contributed by atoms with Crippen molar-refractivity contribution in [1.29, 1.82) is 0 Å². The largest absolute Gasteiger partial charge is 0.493 e. The van der Waals surface area contributed by atoms with Crippen LogP contribution in [0, 0.1) is 0 Å². The molecule has 0 atom stereocenters. The van der Waals surface area contributed by atoms with E-state index in [1.54, 1.807) is 55.7 Å². The second-order valence-corrected chi connectivity index (χ2v) is 4.84. The predicted octanol–water partition coefficient (Wildman–Crippen LogP) is 3.14. The first-order valence-electron chi connectivity index (χ1n) is 7.29. The molecule has 0 saturated carbocycles. The molecule has 5 heteroatoms. The number of Topliss-reactive ketones (excluding diaryl/α,β-unsaturated/α-hetero) is 1. The Labute approximate surface area is 140 Å². The van der Waals surface area contributed by atoms with Crippen molar-refractivity contribution in [1.82, 2.24) is 0 Å². The van der Waals surface area contributed by atoms with Crippen LogP contribution in [0.2, 0.25) is 0 Å². The van der Waals surface area contributed by atoms with Crippen molar-refractivity contribution in [2.24, 2.45) is 0 Å². The third-order valence-electron chi connectivity index (χ3n) is 3.26. The summed E-state index contributed by atoms with van der Waals surface area (Å²) < 4.78 is 15.3. The Morgan fingerprint density at radius 1 is 0.958 bits per heavy atom. The van der Waals surface area contributed by atoms with Gasteiger partial charge in [0.2, 0.25) is 0 Å². The lowest BCUT2D eigenvalue weighted by molar-refractivity contribution is -0.136. The number of ether oxygens (including phenoxy) is 3. The summed E-state index contributed by atoms with van der Waals surface area (Å²) >= 11 is 0. The van der Waals surface area contributed by atoms with Crippen molar-refractivity contribution in [3.8, 4) is 11.5 Å². The average molecular weight is 326 g/mol. The van der Waals surface area contributed by atoms with E-state index >= 15 is 0 Å². The Morgan fingerprint density at radius 2 is 1.67 bits per heavy atom. The van der Waals surface area contributed by atoms with E-state index in [4.69, 9.17) is 14.2 Å². The molecule has 0 spiro atoms. The quantitative estimate of drug-likeness (QED) is 0.444. The van der Waals surface area contributed by atoms with Gasteiger partial charge in [0.15, 0.2) is 23.9 Å². The summed E-state index contributed by atoms with van der Waals surface area (Å²) in [4.78, 5) is 23.6. The van der Waals surface area contributed by atoms with Gasteiger partial charge in [0.05, 0.1) is 14.2 Å². The van der Waals surface area contributed by atoms with Gasteiger partial charge in [-0.25, -0.2) is 4.79 Å². The molecular weight excluding hydrogens is 308 g/mol. The van der Waals surface area contributed by atoms with Gasteiger partial charge in [-0.05, 0) is 23.8 Å². The van der Waals surface area contributed by atoms with Crippen molar-refractivity contribution in [2.45, 2.75) is 0 Å². The zero-order valence-electron chi connectivity index (χ0n) is 13.5. The molecule has 0 aliphatic carbocycles. The van der Waals surface area contributed by atoms with E-state index in [-0.39, 0.29) is 12.4 Å². The summed E-state index contributed by atoms with van der Waals surface area (Å²) in [6.07, 6.45) is 2.84. The molecule has 0 heterocycles. The van der Waals surface area contributed by atoms with Crippen LogP contribution >= 0.6 is 0 Å². The fourth-order valence-electron chi connectivity index (χ4n) is 2.01. The van der Waals surface area contributed by atoms with E-state index in [2.05, 4.69) is 0 Å². The Hall–Kier alpha value is -3.08. The maximum atomic E-state index is 11.8. The van der Waals surface area contributed by atoms with Crippen LogP contribution in [0.25, 0.3) is 6.08 Å². The topological polar surface area (TPSA) is 61.8 Å². The van der Waals surface area contributed by atoms with Gasteiger partial charge < -0.3 is 14.2 Å². The van der Waals surface area contributed by atoms with E-state index in [9.17, 15) is 9.59 Å². The van der Waals surface area contributed by atoms with Crippen LogP contribution in [-0.4, -0.2) is 32.6 Å². The number of rotatable bonds is 7. The van der Waals surface area contributed by atoms with Crippen LogP contribution in [-0.2, 0) is 9.53 Å². The third kappa shape index (κ3) is 4.71. The minimum absolute atomic E-state index is 0.247. The van der Waals surface area contributed by atoms with Gasteiger partial charge >= 0.3 is 5.97 Å². The van der Waals surface area contributed by atoms with Crippen molar-refractivity contribution >= 4 is 17.8 Å². The van der Waals surface area contributed by atoms with E-state index in [0.717, 1.165) is 5.56 Å². The molecule has 0 fully saturated rings. The first-order chi connectivity index (χ1) is 11.6. The molecule has 0 N–H and O–H groups in total. The fraction of sp³-hybridized carbons (Fsp3) is 0.158. The second-order valence-electron chi connectivity index (χ2n) is 4.84. The summed E-state index contributed by atoms with van der Waals surface area (Å²) in [5, 5.41) is 0. The van der Waals surface area contributed by atoms with Gasteiger partial charge in [0.25, 0.3) is 0 Å². The van der Waals surface area contributed by atoms with Crippen LogP contribution in [0.15, 0.2) is 54.6 Å². The molecule has 2 aromatic rings. The molecule has 0 aliphatic heterocycles. The van der Waals surface area contributed by atoms with Crippen molar-refractivity contribution in [2.75, 3.05) is 20.8 Å². The number of benzene rings is 2. The smallest absolute Gasteiger partial charge is 0.331 e. The maximum absolute atomic E-state index is 11.8. The predicted molar refractivity (Wildman–Crippen MR) is 90.3 cm³/mol. The van der Waals surface area contributed by atoms with Crippen LogP contribution in [0.3, 0.4) is 0 Å². The SMILES string of the molecule is COc1ccc(C=CC(=O)OCC(=O)c2ccccc2)cc1OC. The molecule has 0 unspecified atom stereocenters. The van der Waals surface area contributed by atoms with Crippen LogP contribution < -0.4 is 9.47 Å². The summed E-state index contributed by atoms with van der Waals surface area (Å²) in [7, 11) is 3.09. The van der Waals surface area contributed by atoms with E-state index in [1.165, 1.54) is 13.2 Å². The molecule has 2 rings (SSSR count). The van der Waals surface area contributed by atoms with Crippen molar-refractivity contribution in [3.63, 3.8) is 0 Å². The number of carbonyl (C=O) groups is 2. The minimum atomic E-state index is -0.589. The summed E-state index contributed by atoms with van der Waals surface area (Å²) in [6, 6.07) is 13.9. The summed E-state index contributed by atoms with van der Waals surface area (Å²) in [6.45, 7) is -0.293. The monoisotopic (exact) mass is 326 g/mol. The van der Waals surface area contributed by atoms with Crippen LogP contribution in [0.4, 0.5) is 0 Å². The third-order valence-corrected chi connectivity index (χ3v) is 3.26. The Balaban J connectivity index is 1.92. The fourth-order valence-corrected chi connectivity index (χ4v) is 2.01. The molecular formula is C19H18O5. The van der Waals surface area contributed by atoms with Gasteiger partial charge in [0.1, 0.15) is 0 Å². The molecule has 0 saturated heterocycles. The first-order valence-corrected chi connectivity index (χ1v) is 7.29. The molecule has 0 aromatic heterocycles. The Kier molecular flexibility index (Phi) is 6.14. The molecule has 0 bridgehead atoms. The highest BCUT2D eigenvalue weighted by Crippen LogP contribution is 2.27. The summed E-state index contributed by atoms with van der Waals surface area (Å²) in [5.74, 6) is 0.329. The lowest BCUT2D eigenvalue weighted by Crippen LogP contribution is -2.12. The van der Waals surface area contributed by atoms with Gasteiger partial charge in [-0.1, -0.05) is 36.4 Å². The molecule has 2 aromatic carbocycles. The van der Waals surface area contributed by atoms with Gasteiger partial charge in [-0.15, -0.1) is 0 Å². The first kappa shape index (κ1) is 17.3. The number of hydrogen-bond acceptors (Lipinski definition) is 5. The summed E-state index contributed by atoms with van der Waals surface area (Å²) in [5.41, 5.74) is 1.26. The average Bonchev–Trinajstić information content (AvgIpc) is 2.64. The van der Waals surface area contributed by atoms with Crippen molar-refractivity contribution in [3.05, 3.63) is 65.7 Å². The maximum Gasteiger partial charge on any atom is 0.331 e.